The van der Waals surface area contributed by atoms with Crippen LogP contribution in [-0.4, -0.2) is 33.7 Å². The molecular weight excluding hydrogens is 344 g/mol. The zero-order valence-corrected chi connectivity index (χ0v) is 19.4. The van der Waals surface area contributed by atoms with Crippen LogP contribution in [0.5, 0.6) is 0 Å². The molecule has 0 unspecified atom stereocenters. The number of rotatable bonds is 9. The Balaban J connectivity index is 6.07. The Hall–Kier alpha value is -1.01. The van der Waals surface area contributed by atoms with Crippen LogP contribution < -0.4 is 0 Å². The summed E-state index contributed by atoms with van der Waals surface area (Å²) in [6, 6.07) is 1.59. The summed E-state index contributed by atoms with van der Waals surface area (Å²) in [5.74, 6) is 7.99. The van der Waals surface area contributed by atoms with E-state index in [1.807, 2.05) is 41.5 Å². The summed E-state index contributed by atoms with van der Waals surface area (Å²) in [6.45, 7) is 17.8. The highest BCUT2D eigenvalue weighted by molar-refractivity contribution is 6.77. The van der Waals surface area contributed by atoms with Gasteiger partial charge in [-0.3, -0.25) is 0 Å². The van der Waals surface area contributed by atoms with Gasteiger partial charge < -0.3 is 13.3 Å². The molecular formula is C20H34O3Si2. The monoisotopic (exact) mass is 378 g/mol. The van der Waals surface area contributed by atoms with Crippen molar-refractivity contribution in [2.75, 3.05) is 0 Å². The second kappa shape index (κ2) is 8.13. The van der Waals surface area contributed by atoms with E-state index >= 15 is 0 Å². The standard InChI is InChI=1S/C20H34O3Si2/c1-13-18(4,5)21-25(17-16-24(10,11)12,22-19(6,7)14-2)23-20(8,9)15-3/h1-3H,16-17H2,4-12H3. The number of hydrogen-bond acceptors (Lipinski definition) is 3. The lowest BCUT2D eigenvalue weighted by molar-refractivity contribution is -0.0465. The van der Waals surface area contributed by atoms with Gasteiger partial charge in [0.25, 0.3) is 0 Å². The molecule has 0 spiro atoms. The third-order valence-electron chi connectivity index (χ3n) is 3.46. The molecule has 0 aromatic heterocycles. The predicted octanol–water partition coefficient (Wildman–Crippen LogP) is 4.55. The lowest BCUT2D eigenvalue weighted by atomic mass is 10.2. The van der Waals surface area contributed by atoms with Gasteiger partial charge in [0.05, 0.1) is 0 Å². The highest BCUT2D eigenvalue weighted by Gasteiger charge is 2.52. The van der Waals surface area contributed by atoms with Crippen molar-refractivity contribution in [1.29, 1.82) is 0 Å². The van der Waals surface area contributed by atoms with E-state index in [9.17, 15) is 0 Å². The van der Waals surface area contributed by atoms with Gasteiger partial charge in [0.1, 0.15) is 16.8 Å². The second-order valence-corrected chi connectivity index (χ2v) is 17.1. The van der Waals surface area contributed by atoms with Crippen LogP contribution in [0, 0.1) is 37.0 Å². The van der Waals surface area contributed by atoms with E-state index in [-0.39, 0.29) is 0 Å². The molecule has 25 heavy (non-hydrogen) atoms. The fourth-order valence-electron chi connectivity index (χ4n) is 2.00. The SMILES string of the molecule is C#CC(C)(C)O[Si](CC[Si](C)(C)C)(OC(C)(C)C#C)OC(C)(C)C#C. The van der Waals surface area contributed by atoms with Crippen molar-refractivity contribution in [3.05, 3.63) is 0 Å². The Morgan fingerprint density at radius 1 is 0.640 bits per heavy atom. The molecule has 0 amide bonds. The first kappa shape index (κ1) is 24.0. The Kier molecular flexibility index (Phi) is 7.80. The van der Waals surface area contributed by atoms with Gasteiger partial charge >= 0.3 is 8.80 Å². The molecule has 0 rings (SSSR count). The van der Waals surface area contributed by atoms with Crippen molar-refractivity contribution >= 4 is 16.9 Å². The average molecular weight is 379 g/mol. The summed E-state index contributed by atoms with van der Waals surface area (Å²) in [5, 5.41) is 0. The molecule has 0 aliphatic rings. The zero-order valence-electron chi connectivity index (χ0n) is 17.4. The highest BCUT2D eigenvalue weighted by Crippen LogP contribution is 2.34. The molecule has 0 heterocycles. The normalized spacial score (nSPS) is 13.7. The molecule has 0 radical (unpaired) electrons. The molecule has 0 aromatic rings. The molecule has 140 valence electrons. The Labute approximate surface area is 157 Å². The van der Waals surface area contributed by atoms with E-state index in [4.69, 9.17) is 32.5 Å². The first-order valence-corrected chi connectivity index (χ1v) is 14.2. The largest absolute Gasteiger partial charge is 0.504 e. The third-order valence-corrected chi connectivity index (χ3v) is 9.03. The van der Waals surface area contributed by atoms with Gasteiger partial charge in [0, 0.05) is 14.1 Å². The number of hydrogen-bond donors (Lipinski definition) is 0. The van der Waals surface area contributed by atoms with E-state index in [1.54, 1.807) is 0 Å². The van der Waals surface area contributed by atoms with Crippen LogP contribution in [0.4, 0.5) is 0 Å². The summed E-state index contributed by atoms with van der Waals surface area (Å²) < 4.78 is 19.0. The second-order valence-electron chi connectivity index (χ2n) is 9.01. The van der Waals surface area contributed by atoms with Crippen molar-refractivity contribution in [3.63, 3.8) is 0 Å². The molecule has 0 fully saturated rings. The Morgan fingerprint density at radius 3 is 1.12 bits per heavy atom. The van der Waals surface area contributed by atoms with E-state index < -0.39 is 33.7 Å². The summed E-state index contributed by atoms with van der Waals surface area (Å²) in [4.78, 5) is 0. The van der Waals surface area contributed by atoms with Gasteiger partial charge in [-0.1, -0.05) is 43.4 Å². The van der Waals surface area contributed by atoms with Gasteiger partial charge in [0.15, 0.2) is 0 Å². The van der Waals surface area contributed by atoms with E-state index in [0.29, 0.717) is 6.04 Å². The van der Waals surface area contributed by atoms with Gasteiger partial charge in [-0.2, -0.15) is 0 Å². The van der Waals surface area contributed by atoms with Crippen LogP contribution >= 0.6 is 0 Å². The Bertz CT molecular complexity index is 509. The smallest absolute Gasteiger partial charge is 0.357 e. The van der Waals surface area contributed by atoms with Crippen LogP contribution in [0.25, 0.3) is 0 Å². The van der Waals surface area contributed by atoms with Gasteiger partial charge in [0.2, 0.25) is 0 Å². The Morgan fingerprint density at radius 2 is 0.920 bits per heavy atom. The van der Waals surface area contributed by atoms with Gasteiger partial charge in [-0.15, -0.1) is 19.3 Å². The first-order valence-electron chi connectivity index (χ1n) is 8.55. The van der Waals surface area contributed by atoms with Crippen molar-refractivity contribution in [2.45, 2.75) is 90.1 Å². The molecule has 0 atom stereocenters. The average Bonchev–Trinajstić information content (AvgIpc) is 2.43. The maximum absolute atomic E-state index is 6.34. The summed E-state index contributed by atoms with van der Waals surface area (Å²) in [5.41, 5.74) is -2.54. The fraction of sp³-hybridized carbons (Fsp3) is 0.700. The fourth-order valence-corrected chi connectivity index (χ4v) is 9.16. The maximum Gasteiger partial charge on any atom is 0.504 e. The van der Waals surface area contributed by atoms with Crippen molar-refractivity contribution < 1.29 is 13.3 Å². The summed E-state index contributed by atoms with van der Waals surface area (Å²) in [7, 11) is -4.65. The molecule has 0 bridgehead atoms. The van der Waals surface area contributed by atoms with Crippen LogP contribution in [0.1, 0.15) is 41.5 Å². The minimum atomic E-state index is -3.27. The lowest BCUT2D eigenvalue weighted by Gasteiger charge is -2.42. The predicted molar refractivity (Wildman–Crippen MR) is 111 cm³/mol. The molecule has 0 saturated heterocycles. The van der Waals surface area contributed by atoms with Crippen molar-refractivity contribution in [3.8, 4) is 37.0 Å². The molecule has 0 aliphatic heterocycles. The first-order chi connectivity index (χ1) is 11.0. The van der Waals surface area contributed by atoms with Crippen molar-refractivity contribution in [2.24, 2.45) is 0 Å². The summed E-state index contributed by atoms with van der Waals surface area (Å²) in [6.07, 6.45) is 17.0. The molecule has 0 aliphatic carbocycles. The van der Waals surface area contributed by atoms with Gasteiger partial charge in [-0.25, -0.2) is 0 Å². The minimum Gasteiger partial charge on any atom is -0.357 e. The molecule has 0 aromatic carbocycles. The molecule has 0 N–H and O–H groups in total. The topological polar surface area (TPSA) is 27.7 Å². The van der Waals surface area contributed by atoms with Crippen LogP contribution in [0.3, 0.4) is 0 Å². The van der Waals surface area contributed by atoms with E-state index in [1.165, 1.54) is 0 Å². The molecule has 3 nitrogen and oxygen atoms in total. The summed E-state index contributed by atoms with van der Waals surface area (Å²) >= 11 is 0. The van der Waals surface area contributed by atoms with Crippen LogP contribution in [0.15, 0.2) is 0 Å². The minimum absolute atomic E-state index is 0.629. The van der Waals surface area contributed by atoms with E-state index in [0.717, 1.165) is 6.04 Å². The number of terminal acetylenes is 3. The highest BCUT2D eigenvalue weighted by atomic mass is 28.4. The zero-order chi connectivity index (χ0) is 20.2. The van der Waals surface area contributed by atoms with Crippen molar-refractivity contribution in [1.82, 2.24) is 0 Å². The third kappa shape index (κ3) is 9.31. The quantitative estimate of drug-likeness (QED) is 0.435. The molecule has 5 heteroatoms. The van der Waals surface area contributed by atoms with E-state index in [2.05, 4.69) is 37.4 Å². The molecule has 0 saturated carbocycles. The lowest BCUT2D eigenvalue weighted by Crippen LogP contribution is -2.58. The van der Waals surface area contributed by atoms with Crippen LogP contribution in [0.2, 0.25) is 31.7 Å². The van der Waals surface area contributed by atoms with Crippen LogP contribution in [-0.2, 0) is 13.3 Å². The maximum atomic E-state index is 6.34. The van der Waals surface area contributed by atoms with Gasteiger partial charge in [-0.05, 0) is 41.5 Å².